The van der Waals surface area contributed by atoms with Crippen LogP contribution in [0.2, 0.25) is 25.7 Å². The lowest BCUT2D eigenvalue weighted by Gasteiger charge is -2.24. The van der Waals surface area contributed by atoms with Gasteiger partial charge in [0.25, 0.3) is 0 Å². The van der Waals surface area contributed by atoms with Crippen molar-refractivity contribution in [1.82, 2.24) is 0 Å². The molecule has 1 aliphatic heterocycles. The lowest BCUT2D eigenvalue weighted by atomic mass is 9.75. The van der Waals surface area contributed by atoms with Gasteiger partial charge >= 0.3 is 12.1 Å². The fourth-order valence-corrected chi connectivity index (χ4v) is 4.65. The Kier molecular flexibility index (Phi) is 5.47. The average molecular weight is 388 g/mol. The standard InChI is InChI=1S/C21H29NO4Si/c1-15-11-17-14-26-19(23)21(17,12-15)13-16-5-7-18(8-6-16)22-20(24)25-9-10-27(2,3)4/h5-8,17H,1,9-14H2,2-4H3,(H,22,24). The summed E-state index contributed by atoms with van der Waals surface area (Å²) >= 11 is 0. The Hall–Kier alpha value is -2.08. The maximum absolute atomic E-state index is 12.4. The van der Waals surface area contributed by atoms with Crippen molar-refractivity contribution in [3.63, 3.8) is 0 Å². The first-order valence-corrected chi connectivity index (χ1v) is 13.3. The van der Waals surface area contributed by atoms with E-state index in [1.165, 1.54) is 0 Å². The van der Waals surface area contributed by atoms with Crippen molar-refractivity contribution in [2.75, 3.05) is 18.5 Å². The van der Waals surface area contributed by atoms with Crippen molar-refractivity contribution in [3.8, 4) is 0 Å². The van der Waals surface area contributed by atoms with E-state index in [0.29, 0.717) is 31.7 Å². The summed E-state index contributed by atoms with van der Waals surface area (Å²) in [6.45, 7) is 11.8. The van der Waals surface area contributed by atoms with Gasteiger partial charge < -0.3 is 9.47 Å². The van der Waals surface area contributed by atoms with Crippen LogP contribution < -0.4 is 5.32 Å². The second-order valence-corrected chi connectivity index (χ2v) is 14.6. The van der Waals surface area contributed by atoms with Crippen molar-refractivity contribution in [1.29, 1.82) is 0 Å². The van der Waals surface area contributed by atoms with Crippen molar-refractivity contribution in [3.05, 3.63) is 42.0 Å². The van der Waals surface area contributed by atoms with Gasteiger partial charge in [-0.2, -0.15) is 0 Å². The van der Waals surface area contributed by atoms with Crippen molar-refractivity contribution in [2.45, 2.75) is 44.9 Å². The number of nitrogens with one attached hydrogen (secondary N) is 1. The molecule has 0 aromatic heterocycles. The second kappa shape index (κ2) is 7.50. The molecular weight excluding hydrogens is 358 g/mol. The number of carbonyl (C=O) groups is 2. The highest BCUT2D eigenvalue weighted by molar-refractivity contribution is 6.76. The van der Waals surface area contributed by atoms with Crippen molar-refractivity contribution < 1.29 is 19.1 Å². The molecule has 2 atom stereocenters. The molecule has 1 saturated carbocycles. The smallest absolute Gasteiger partial charge is 0.411 e. The van der Waals surface area contributed by atoms with Crippen LogP contribution in [0.3, 0.4) is 0 Å². The summed E-state index contributed by atoms with van der Waals surface area (Å²) in [6.07, 6.45) is 1.80. The Bertz CT molecular complexity index is 738. The van der Waals surface area contributed by atoms with E-state index in [1.54, 1.807) is 0 Å². The van der Waals surface area contributed by atoms with Crippen LogP contribution in [0.5, 0.6) is 0 Å². The highest BCUT2D eigenvalue weighted by atomic mass is 28.3. The fraction of sp³-hybridized carbons (Fsp3) is 0.524. The minimum Gasteiger partial charge on any atom is -0.465 e. The van der Waals surface area contributed by atoms with Gasteiger partial charge in [0.1, 0.15) is 0 Å². The highest BCUT2D eigenvalue weighted by Crippen LogP contribution is 2.52. The number of hydrogen-bond donors (Lipinski definition) is 1. The first kappa shape index (κ1) is 19.7. The number of esters is 1. The van der Waals surface area contributed by atoms with Crippen LogP contribution in [0.25, 0.3) is 0 Å². The van der Waals surface area contributed by atoms with Crippen LogP contribution in [0.1, 0.15) is 18.4 Å². The molecule has 3 rings (SSSR count). The van der Waals surface area contributed by atoms with E-state index in [0.717, 1.165) is 23.6 Å². The Labute approximate surface area is 162 Å². The monoisotopic (exact) mass is 387 g/mol. The number of benzene rings is 1. The molecule has 1 heterocycles. The summed E-state index contributed by atoms with van der Waals surface area (Å²) in [4.78, 5) is 24.3. The number of allylic oxidation sites excluding steroid dienone is 1. The normalized spacial score (nSPS) is 24.5. The number of cyclic esters (lactones) is 1. The second-order valence-electron chi connectivity index (χ2n) is 9.03. The Balaban J connectivity index is 1.57. The largest absolute Gasteiger partial charge is 0.465 e. The molecule has 2 unspecified atom stereocenters. The molecule has 27 heavy (non-hydrogen) atoms. The average Bonchev–Trinajstić information content (AvgIpc) is 3.03. The number of hydrogen-bond acceptors (Lipinski definition) is 4. The maximum atomic E-state index is 12.4. The number of fused-ring (bicyclic) bond motifs is 1. The van der Waals surface area contributed by atoms with Crippen molar-refractivity contribution in [2.24, 2.45) is 11.3 Å². The number of rotatable bonds is 6. The molecule has 146 valence electrons. The van der Waals surface area contributed by atoms with Gasteiger partial charge in [0.15, 0.2) is 0 Å². The molecule has 1 saturated heterocycles. The predicted octanol–water partition coefficient (Wildman–Crippen LogP) is 4.63. The molecule has 0 bridgehead atoms. The minimum atomic E-state index is -1.21. The van der Waals surface area contributed by atoms with Gasteiger partial charge in [-0.15, -0.1) is 0 Å². The van der Waals surface area contributed by atoms with E-state index in [2.05, 4.69) is 31.5 Å². The first-order valence-electron chi connectivity index (χ1n) is 9.55. The van der Waals surface area contributed by atoms with E-state index in [1.807, 2.05) is 24.3 Å². The summed E-state index contributed by atoms with van der Waals surface area (Å²) < 4.78 is 10.6. The third kappa shape index (κ3) is 4.61. The zero-order valence-electron chi connectivity index (χ0n) is 16.5. The van der Waals surface area contributed by atoms with Gasteiger partial charge in [0.05, 0.1) is 18.6 Å². The number of carbonyl (C=O) groups excluding carboxylic acids is 2. The van der Waals surface area contributed by atoms with Gasteiger partial charge in [-0.25, -0.2) is 4.79 Å². The van der Waals surface area contributed by atoms with Crippen LogP contribution in [0, 0.1) is 11.3 Å². The summed E-state index contributed by atoms with van der Waals surface area (Å²) in [6, 6.07) is 8.56. The molecule has 1 aromatic carbocycles. The van der Waals surface area contributed by atoms with E-state index in [-0.39, 0.29) is 11.9 Å². The Morgan fingerprint density at radius 1 is 1.33 bits per heavy atom. The van der Waals surface area contributed by atoms with Gasteiger partial charge in [0.2, 0.25) is 0 Å². The molecule has 6 heteroatoms. The quantitative estimate of drug-likeness (QED) is 0.439. The van der Waals surface area contributed by atoms with Gasteiger partial charge in [0, 0.05) is 19.7 Å². The fourth-order valence-electron chi connectivity index (χ4n) is 3.94. The van der Waals surface area contributed by atoms with Crippen molar-refractivity contribution >= 4 is 25.8 Å². The lowest BCUT2D eigenvalue weighted by Crippen LogP contribution is -2.31. The summed E-state index contributed by atoms with van der Waals surface area (Å²) in [7, 11) is -1.21. The maximum Gasteiger partial charge on any atom is 0.411 e. The van der Waals surface area contributed by atoms with Gasteiger partial charge in [-0.05, 0) is 43.0 Å². The molecule has 0 radical (unpaired) electrons. The molecule has 1 aromatic rings. The SMILES string of the molecule is C=C1CC2COC(=O)C2(Cc2ccc(NC(=O)OCC[Si](C)(C)C)cc2)C1. The Morgan fingerprint density at radius 3 is 2.70 bits per heavy atom. The van der Waals surface area contributed by atoms with Crippen LogP contribution in [-0.4, -0.2) is 33.4 Å². The number of amides is 1. The van der Waals surface area contributed by atoms with Crippen LogP contribution in [0.4, 0.5) is 10.5 Å². The molecule has 1 aliphatic carbocycles. The van der Waals surface area contributed by atoms with Gasteiger partial charge in [-0.3, -0.25) is 10.1 Å². The summed E-state index contributed by atoms with van der Waals surface area (Å²) in [5.41, 5.74) is 2.43. The minimum absolute atomic E-state index is 0.0978. The number of anilines is 1. The molecule has 5 nitrogen and oxygen atoms in total. The third-order valence-electron chi connectivity index (χ3n) is 5.51. The zero-order chi connectivity index (χ0) is 19.7. The summed E-state index contributed by atoms with van der Waals surface area (Å²) in [5, 5.41) is 2.76. The van der Waals surface area contributed by atoms with E-state index >= 15 is 0 Å². The molecule has 1 amide bonds. The first-order chi connectivity index (χ1) is 12.7. The third-order valence-corrected chi connectivity index (χ3v) is 7.21. The van der Waals surface area contributed by atoms with E-state index in [9.17, 15) is 9.59 Å². The number of ether oxygens (including phenoxy) is 2. The van der Waals surface area contributed by atoms with E-state index in [4.69, 9.17) is 9.47 Å². The Morgan fingerprint density at radius 2 is 2.04 bits per heavy atom. The predicted molar refractivity (Wildman–Crippen MR) is 109 cm³/mol. The molecule has 1 N–H and O–H groups in total. The molecule has 2 fully saturated rings. The van der Waals surface area contributed by atoms with Crippen LogP contribution in [-0.2, 0) is 20.7 Å². The summed E-state index contributed by atoms with van der Waals surface area (Å²) in [5.74, 6) is 0.135. The molecular formula is C21H29NO4Si. The highest BCUT2D eigenvalue weighted by Gasteiger charge is 2.55. The van der Waals surface area contributed by atoms with Gasteiger partial charge in [-0.1, -0.05) is 43.9 Å². The zero-order valence-corrected chi connectivity index (χ0v) is 17.5. The van der Waals surface area contributed by atoms with E-state index < -0.39 is 19.6 Å². The lowest BCUT2D eigenvalue weighted by molar-refractivity contribution is -0.146. The topological polar surface area (TPSA) is 64.6 Å². The van der Waals surface area contributed by atoms with Crippen LogP contribution in [0.15, 0.2) is 36.4 Å². The molecule has 0 spiro atoms. The van der Waals surface area contributed by atoms with Crippen LogP contribution >= 0.6 is 0 Å². The molecule has 2 aliphatic rings.